The van der Waals surface area contributed by atoms with Crippen molar-refractivity contribution < 1.29 is 24.2 Å². The van der Waals surface area contributed by atoms with Crippen molar-refractivity contribution in [2.75, 3.05) is 14.2 Å². The molecule has 2 N–H and O–H groups in total. The highest BCUT2D eigenvalue weighted by molar-refractivity contribution is 8.26. The van der Waals surface area contributed by atoms with Crippen molar-refractivity contribution in [2.24, 2.45) is 0 Å². The maximum absolute atomic E-state index is 12.7. The molecule has 3 rings (SSSR count). The highest BCUT2D eigenvalue weighted by atomic mass is 32.2. The summed E-state index contributed by atoms with van der Waals surface area (Å²) in [7, 11) is 3.03. The minimum absolute atomic E-state index is 0.0370. The van der Waals surface area contributed by atoms with Crippen molar-refractivity contribution in [3.63, 3.8) is 0 Å². The van der Waals surface area contributed by atoms with Gasteiger partial charge in [-0.15, -0.1) is 0 Å². The summed E-state index contributed by atoms with van der Waals surface area (Å²) in [4.78, 5) is 25.4. The number of phenolic OH excluding ortho intramolecular Hbond substituents is 1. The number of carbonyl (C=O) groups excluding carboxylic acids is 2. The van der Waals surface area contributed by atoms with E-state index >= 15 is 0 Å². The summed E-state index contributed by atoms with van der Waals surface area (Å²) in [5.41, 5.74) is 3.10. The van der Waals surface area contributed by atoms with Crippen LogP contribution in [0.5, 0.6) is 17.2 Å². The predicted octanol–water partition coefficient (Wildman–Crippen LogP) is 2.96. The fourth-order valence-corrected chi connectivity index (χ4v) is 3.73. The quantitative estimate of drug-likeness (QED) is 0.572. The van der Waals surface area contributed by atoms with Crippen molar-refractivity contribution in [3.05, 3.63) is 58.5 Å². The Morgan fingerprint density at radius 2 is 1.93 bits per heavy atom. The standard InChI is InChI=1S/C19H16N2O5S2/c1-25-14-9-5-6-11(16(14)26-2)10-15-18(24)21(19(27)28-15)20-17(23)12-7-3-4-8-13(12)22/h3-10,22H,1-2H3,(H,20,23)/b15-10+. The van der Waals surface area contributed by atoms with Crippen LogP contribution in [0.15, 0.2) is 47.4 Å². The highest BCUT2D eigenvalue weighted by Crippen LogP contribution is 2.36. The molecule has 1 saturated heterocycles. The zero-order chi connectivity index (χ0) is 20.3. The first-order chi connectivity index (χ1) is 13.5. The van der Waals surface area contributed by atoms with Gasteiger partial charge in [0.1, 0.15) is 5.75 Å². The van der Waals surface area contributed by atoms with E-state index in [0.29, 0.717) is 22.0 Å². The molecule has 7 nitrogen and oxygen atoms in total. The molecule has 0 radical (unpaired) electrons. The van der Waals surface area contributed by atoms with E-state index in [0.717, 1.165) is 16.8 Å². The van der Waals surface area contributed by atoms with Crippen molar-refractivity contribution >= 4 is 46.2 Å². The second kappa shape index (κ2) is 8.32. The first kappa shape index (κ1) is 19.7. The van der Waals surface area contributed by atoms with Gasteiger partial charge >= 0.3 is 0 Å². The SMILES string of the molecule is COc1cccc(/C=C2/SC(=S)N(NC(=O)c3ccccc3O)C2=O)c1OC. The molecular formula is C19H16N2O5S2. The summed E-state index contributed by atoms with van der Waals surface area (Å²) < 4.78 is 10.8. The summed E-state index contributed by atoms with van der Waals surface area (Å²) in [6, 6.07) is 11.3. The lowest BCUT2D eigenvalue weighted by Gasteiger charge is -2.16. The lowest BCUT2D eigenvalue weighted by atomic mass is 10.1. The first-order valence-electron chi connectivity index (χ1n) is 8.04. The Kier molecular flexibility index (Phi) is 5.86. The number of benzene rings is 2. The van der Waals surface area contributed by atoms with E-state index in [1.54, 1.807) is 36.4 Å². The number of rotatable bonds is 5. The third-order valence-corrected chi connectivity index (χ3v) is 5.18. The number of nitrogens with one attached hydrogen (secondary N) is 1. The molecule has 1 aliphatic heterocycles. The maximum Gasteiger partial charge on any atom is 0.285 e. The number of hydrogen-bond acceptors (Lipinski definition) is 7. The van der Waals surface area contributed by atoms with Gasteiger partial charge < -0.3 is 14.6 Å². The monoisotopic (exact) mass is 416 g/mol. The van der Waals surface area contributed by atoms with Crippen LogP contribution < -0.4 is 14.9 Å². The van der Waals surface area contributed by atoms with Gasteiger partial charge in [0.25, 0.3) is 11.8 Å². The molecule has 2 aromatic rings. The van der Waals surface area contributed by atoms with Crippen LogP contribution in [-0.2, 0) is 4.79 Å². The van der Waals surface area contributed by atoms with Crippen molar-refractivity contribution in [2.45, 2.75) is 0 Å². The minimum Gasteiger partial charge on any atom is -0.507 e. The molecule has 1 fully saturated rings. The van der Waals surface area contributed by atoms with Crippen LogP contribution >= 0.6 is 24.0 Å². The second-order valence-electron chi connectivity index (χ2n) is 5.56. The van der Waals surface area contributed by atoms with Gasteiger partial charge in [0.2, 0.25) is 0 Å². The fraction of sp³-hybridized carbons (Fsp3) is 0.105. The van der Waals surface area contributed by atoms with Crippen LogP contribution in [0.25, 0.3) is 6.08 Å². The predicted molar refractivity (Wildman–Crippen MR) is 110 cm³/mol. The van der Waals surface area contributed by atoms with Gasteiger partial charge in [0.05, 0.1) is 24.7 Å². The van der Waals surface area contributed by atoms with E-state index in [2.05, 4.69) is 5.43 Å². The van der Waals surface area contributed by atoms with E-state index in [1.165, 1.54) is 26.4 Å². The van der Waals surface area contributed by atoms with Crippen molar-refractivity contribution in [1.29, 1.82) is 0 Å². The number of aromatic hydroxyl groups is 1. The molecule has 0 aliphatic carbocycles. The zero-order valence-corrected chi connectivity index (χ0v) is 16.6. The zero-order valence-electron chi connectivity index (χ0n) is 15.0. The number of phenols is 1. The molecule has 0 bridgehead atoms. The Labute approximate surface area is 170 Å². The van der Waals surface area contributed by atoms with Gasteiger partial charge in [-0.25, -0.2) is 0 Å². The van der Waals surface area contributed by atoms with E-state index in [-0.39, 0.29) is 15.6 Å². The maximum atomic E-state index is 12.7. The Bertz CT molecular complexity index is 990. The topological polar surface area (TPSA) is 88.1 Å². The third-order valence-electron chi connectivity index (χ3n) is 3.88. The van der Waals surface area contributed by atoms with Gasteiger partial charge in [-0.1, -0.05) is 36.0 Å². The molecule has 0 atom stereocenters. The Balaban J connectivity index is 1.85. The van der Waals surface area contributed by atoms with Gasteiger partial charge in [-0.2, -0.15) is 5.01 Å². The number of ether oxygens (including phenoxy) is 2. The number of carbonyl (C=O) groups is 2. The van der Waals surface area contributed by atoms with E-state index in [9.17, 15) is 14.7 Å². The molecule has 0 unspecified atom stereocenters. The van der Waals surface area contributed by atoms with Crippen LogP contribution in [0.2, 0.25) is 0 Å². The highest BCUT2D eigenvalue weighted by Gasteiger charge is 2.34. The number of thioether (sulfide) groups is 1. The molecular weight excluding hydrogens is 400 g/mol. The summed E-state index contributed by atoms with van der Waals surface area (Å²) in [5.74, 6) is -0.312. The lowest BCUT2D eigenvalue weighted by molar-refractivity contribution is -0.123. The molecule has 28 heavy (non-hydrogen) atoms. The number of nitrogens with zero attached hydrogens (tertiary/aromatic N) is 1. The Hall–Kier alpha value is -3.04. The second-order valence-corrected chi connectivity index (χ2v) is 7.23. The number of thiocarbonyl (C=S) groups is 1. The van der Waals surface area contributed by atoms with Crippen molar-refractivity contribution in [1.82, 2.24) is 10.4 Å². The fourth-order valence-electron chi connectivity index (χ4n) is 2.56. The van der Waals surface area contributed by atoms with Crippen LogP contribution in [0.4, 0.5) is 0 Å². The van der Waals surface area contributed by atoms with E-state index in [4.69, 9.17) is 21.7 Å². The summed E-state index contributed by atoms with van der Waals surface area (Å²) in [5, 5.41) is 10.8. The minimum atomic E-state index is -0.644. The van der Waals surface area contributed by atoms with Crippen LogP contribution in [0.1, 0.15) is 15.9 Å². The van der Waals surface area contributed by atoms with Crippen LogP contribution in [-0.4, -0.2) is 40.5 Å². The third kappa shape index (κ3) is 3.80. The number of para-hydroxylation sites is 2. The number of amides is 2. The van der Waals surface area contributed by atoms with E-state index in [1.807, 2.05) is 0 Å². The molecule has 144 valence electrons. The smallest absolute Gasteiger partial charge is 0.285 e. The summed E-state index contributed by atoms with van der Waals surface area (Å²) >= 11 is 6.26. The molecule has 2 aromatic carbocycles. The lowest BCUT2D eigenvalue weighted by Crippen LogP contribution is -2.44. The summed E-state index contributed by atoms with van der Waals surface area (Å²) in [6.45, 7) is 0. The molecule has 1 aliphatic rings. The molecule has 1 heterocycles. The number of methoxy groups -OCH3 is 2. The van der Waals surface area contributed by atoms with Gasteiger partial charge in [-0.05, 0) is 36.5 Å². The largest absolute Gasteiger partial charge is 0.507 e. The molecule has 0 saturated carbocycles. The molecule has 2 amide bonds. The average molecular weight is 416 g/mol. The normalized spacial score (nSPS) is 15.1. The van der Waals surface area contributed by atoms with Crippen LogP contribution in [0.3, 0.4) is 0 Å². The number of hydrazine groups is 1. The van der Waals surface area contributed by atoms with Gasteiger partial charge in [0.15, 0.2) is 15.8 Å². The summed E-state index contributed by atoms with van der Waals surface area (Å²) in [6.07, 6.45) is 1.62. The Morgan fingerprint density at radius 1 is 1.18 bits per heavy atom. The van der Waals surface area contributed by atoms with Crippen molar-refractivity contribution in [3.8, 4) is 17.2 Å². The van der Waals surface area contributed by atoms with Gasteiger partial charge in [-0.3, -0.25) is 15.0 Å². The van der Waals surface area contributed by atoms with Gasteiger partial charge in [0, 0.05) is 5.56 Å². The first-order valence-corrected chi connectivity index (χ1v) is 9.26. The van der Waals surface area contributed by atoms with E-state index < -0.39 is 11.8 Å². The molecule has 9 heteroatoms. The molecule has 0 spiro atoms. The average Bonchev–Trinajstić information content (AvgIpc) is 2.95. The van der Waals surface area contributed by atoms with Crippen LogP contribution in [0, 0.1) is 0 Å². The Morgan fingerprint density at radius 3 is 2.61 bits per heavy atom. The number of hydrogen-bond donors (Lipinski definition) is 2. The molecule has 0 aromatic heterocycles.